The number of amides is 1. The van der Waals surface area contributed by atoms with Gasteiger partial charge in [0.1, 0.15) is 6.61 Å². The number of hydrogen-bond acceptors (Lipinski definition) is 7. The van der Waals surface area contributed by atoms with Gasteiger partial charge in [0.25, 0.3) is 5.91 Å². The maximum absolute atomic E-state index is 13.5. The molecule has 5 rings (SSSR count). The standard InChI is InChI=1S/C30H33NO7/c1-27(2)18-31(21-13-11-20(12-14-21)24(33)36-17-19-9-7-6-8-10-19)23(32)22(27)37-26(35)30-16-15-29(5,25(34)38-30)28(30,3)4/h6-14,22H,15-18H2,1-5H3/t22-,29-,30+/m0/s1. The summed E-state index contributed by atoms with van der Waals surface area (Å²) in [6.45, 7) is 9.74. The zero-order valence-corrected chi connectivity index (χ0v) is 22.4. The summed E-state index contributed by atoms with van der Waals surface area (Å²) in [5.41, 5.74) is -1.77. The molecule has 2 bridgehead atoms. The van der Waals surface area contributed by atoms with E-state index < -0.39 is 45.9 Å². The van der Waals surface area contributed by atoms with Crippen molar-refractivity contribution in [2.45, 2.75) is 65.8 Å². The molecule has 2 aromatic rings. The average Bonchev–Trinajstić information content (AvgIpc) is 3.31. The fourth-order valence-corrected chi connectivity index (χ4v) is 5.96. The Kier molecular flexibility index (Phi) is 5.93. The van der Waals surface area contributed by atoms with E-state index in [1.54, 1.807) is 29.2 Å². The zero-order chi connectivity index (χ0) is 27.5. The number of hydrogen-bond donors (Lipinski definition) is 0. The molecule has 0 unspecified atom stereocenters. The summed E-state index contributed by atoms with van der Waals surface area (Å²) in [6, 6.07) is 16.0. The van der Waals surface area contributed by atoms with Crippen molar-refractivity contribution < 1.29 is 33.4 Å². The Balaban J connectivity index is 1.28. The Bertz CT molecular complexity index is 1300. The van der Waals surface area contributed by atoms with Crippen LogP contribution in [0.3, 0.4) is 0 Å². The minimum Gasteiger partial charge on any atom is -0.457 e. The first-order valence-electron chi connectivity index (χ1n) is 12.9. The molecule has 0 spiro atoms. The Hall–Kier alpha value is -3.68. The van der Waals surface area contributed by atoms with Crippen molar-refractivity contribution in [2.24, 2.45) is 16.2 Å². The molecule has 1 aliphatic carbocycles. The fraction of sp³-hybridized carbons (Fsp3) is 0.467. The van der Waals surface area contributed by atoms with Crippen molar-refractivity contribution in [3.63, 3.8) is 0 Å². The number of benzene rings is 2. The van der Waals surface area contributed by atoms with Gasteiger partial charge in [-0.05, 0) is 49.6 Å². The van der Waals surface area contributed by atoms with Crippen LogP contribution in [0, 0.1) is 16.2 Å². The molecule has 8 heteroatoms. The number of anilines is 1. The highest BCUT2D eigenvalue weighted by Crippen LogP contribution is 2.66. The summed E-state index contributed by atoms with van der Waals surface area (Å²) < 4.78 is 16.9. The smallest absolute Gasteiger partial charge is 0.352 e. The van der Waals surface area contributed by atoms with Gasteiger partial charge < -0.3 is 19.1 Å². The lowest BCUT2D eigenvalue weighted by Gasteiger charge is -2.36. The summed E-state index contributed by atoms with van der Waals surface area (Å²) in [4.78, 5) is 53.6. The van der Waals surface area contributed by atoms with Crippen LogP contribution in [0.2, 0.25) is 0 Å². The van der Waals surface area contributed by atoms with Crippen molar-refractivity contribution >= 4 is 29.5 Å². The van der Waals surface area contributed by atoms with Crippen molar-refractivity contribution in [1.29, 1.82) is 0 Å². The van der Waals surface area contributed by atoms with E-state index in [0.29, 0.717) is 30.6 Å². The molecule has 3 fully saturated rings. The van der Waals surface area contributed by atoms with Crippen LogP contribution in [0.15, 0.2) is 54.6 Å². The highest BCUT2D eigenvalue weighted by Gasteiger charge is 2.77. The van der Waals surface area contributed by atoms with Crippen molar-refractivity contribution in [3.8, 4) is 0 Å². The number of fused-ring (bicyclic) bond motifs is 2. The van der Waals surface area contributed by atoms with Crippen LogP contribution in [-0.4, -0.2) is 42.1 Å². The third kappa shape index (κ3) is 3.72. The first kappa shape index (κ1) is 25.9. The van der Waals surface area contributed by atoms with Gasteiger partial charge in [-0.1, -0.05) is 58.0 Å². The van der Waals surface area contributed by atoms with Gasteiger partial charge in [-0.25, -0.2) is 9.59 Å². The van der Waals surface area contributed by atoms with Crippen LogP contribution in [0.25, 0.3) is 0 Å². The molecule has 200 valence electrons. The second kappa shape index (κ2) is 8.68. The van der Waals surface area contributed by atoms with E-state index in [4.69, 9.17) is 14.2 Å². The zero-order valence-electron chi connectivity index (χ0n) is 22.4. The highest BCUT2D eigenvalue weighted by atomic mass is 16.6. The molecule has 8 nitrogen and oxygen atoms in total. The second-order valence-electron chi connectivity index (χ2n) is 12.0. The number of nitrogens with zero attached hydrogens (tertiary/aromatic N) is 1. The van der Waals surface area contributed by atoms with Gasteiger partial charge in [0, 0.05) is 23.1 Å². The summed E-state index contributed by atoms with van der Waals surface area (Å²) in [5.74, 6) is -1.88. The lowest BCUT2D eigenvalue weighted by molar-refractivity contribution is -0.190. The highest BCUT2D eigenvalue weighted by molar-refractivity contribution is 6.02. The number of rotatable bonds is 6. The van der Waals surface area contributed by atoms with Gasteiger partial charge in [-0.2, -0.15) is 0 Å². The first-order chi connectivity index (χ1) is 17.8. The lowest BCUT2D eigenvalue weighted by atomic mass is 9.66. The molecule has 2 aliphatic heterocycles. The normalized spacial score (nSPS) is 28.8. The van der Waals surface area contributed by atoms with E-state index >= 15 is 0 Å². The largest absolute Gasteiger partial charge is 0.457 e. The molecule has 1 amide bonds. The topological polar surface area (TPSA) is 99.2 Å². The van der Waals surface area contributed by atoms with Crippen LogP contribution in [0.4, 0.5) is 5.69 Å². The number of ether oxygens (including phenoxy) is 3. The Labute approximate surface area is 222 Å². The van der Waals surface area contributed by atoms with Gasteiger partial charge >= 0.3 is 17.9 Å². The first-order valence-corrected chi connectivity index (χ1v) is 12.9. The third-order valence-corrected chi connectivity index (χ3v) is 9.03. The molecule has 0 aromatic heterocycles. The molecule has 2 aromatic carbocycles. The van der Waals surface area contributed by atoms with Gasteiger partial charge in [-0.3, -0.25) is 9.59 Å². The van der Waals surface area contributed by atoms with Gasteiger partial charge in [0.05, 0.1) is 11.0 Å². The Morgan fingerprint density at radius 2 is 1.61 bits per heavy atom. The van der Waals surface area contributed by atoms with Gasteiger partial charge in [0.15, 0.2) is 6.10 Å². The molecule has 1 saturated carbocycles. The van der Waals surface area contributed by atoms with E-state index in [2.05, 4.69) is 0 Å². The van der Waals surface area contributed by atoms with Crippen LogP contribution < -0.4 is 4.90 Å². The molecular weight excluding hydrogens is 486 g/mol. The van der Waals surface area contributed by atoms with Crippen molar-refractivity contribution in [2.75, 3.05) is 11.4 Å². The minimum atomic E-state index is -1.40. The quantitative estimate of drug-likeness (QED) is 0.411. The fourth-order valence-electron chi connectivity index (χ4n) is 5.96. The van der Waals surface area contributed by atoms with Gasteiger partial charge in [-0.15, -0.1) is 0 Å². The van der Waals surface area contributed by atoms with E-state index in [9.17, 15) is 19.2 Å². The third-order valence-electron chi connectivity index (χ3n) is 9.03. The van der Waals surface area contributed by atoms with Crippen molar-refractivity contribution in [1.82, 2.24) is 0 Å². The summed E-state index contributed by atoms with van der Waals surface area (Å²) in [5, 5.41) is 0. The average molecular weight is 520 g/mol. The number of esters is 3. The molecule has 0 N–H and O–H groups in total. The number of carbonyl (C=O) groups is 4. The van der Waals surface area contributed by atoms with E-state index in [-0.39, 0.29) is 12.5 Å². The van der Waals surface area contributed by atoms with E-state index in [1.807, 2.05) is 65.0 Å². The maximum Gasteiger partial charge on any atom is 0.352 e. The van der Waals surface area contributed by atoms with E-state index in [1.165, 1.54) is 0 Å². The lowest BCUT2D eigenvalue weighted by Crippen LogP contribution is -2.51. The summed E-state index contributed by atoms with van der Waals surface area (Å²) in [6.07, 6.45) is -0.141. The Morgan fingerprint density at radius 3 is 2.18 bits per heavy atom. The molecule has 0 radical (unpaired) electrons. The molecule has 2 saturated heterocycles. The van der Waals surface area contributed by atoms with Crippen molar-refractivity contribution in [3.05, 3.63) is 65.7 Å². The maximum atomic E-state index is 13.5. The minimum absolute atomic E-state index is 0.167. The molecular formula is C30H33NO7. The monoisotopic (exact) mass is 519 g/mol. The Morgan fingerprint density at radius 1 is 0.947 bits per heavy atom. The van der Waals surface area contributed by atoms with Crippen LogP contribution in [0.1, 0.15) is 63.4 Å². The predicted molar refractivity (Wildman–Crippen MR) is 138 cm³/mol. The SMILES string of the molecule is CC1(C)CN(c2ccc(C(=O)OCc3ccccc3)cc2)C(=O)[C@@H]1OC(=O)[C@@]12CC[C@@](C)(C(=O)O1)C2(C)C. The summed E-state index contributed by atoms with van der Waals surface area (Å²) in [7, 11) is 0. The number of carbonyl (C=O) groups excluding carboxylic acids is 4. The van der Waals surface area contributed by atoms with Gasteiger partial charge in [0.2, 0.25) is 5.60 Å². The van der Waals surface area contributed by atoms with E-state index in [0.717, 1.165) is 5.56 Å². The predicted octanol–water partition coefficient (Wildman–Crippen LogP) is 4.45. The molecule has 3 aliphatic rings. The van der Waals surface area contributed by atoms with Crippen LogP contribution in [0.5, 0.6) is 0 Å². The van der Waals surface area contributed by atoms with Crippen LogP contribution >= 0.6 is 0 Å². The summed E-state index contributed by atoms with van der Waals surface area (Å²) >= 11 is 0. The molecule has 38 heavy (non-hydrogen) atoms. The van der Waals surface area contributed by atoms with Crippen LogP contribution in [-0.2, 0) is 35.2 Å². The molecule has 2 heterocycles. The molecule has 3 atom stereocenters. The second-order valence-corrected chi connectivity index (χ2v) is 12.0.